The molecule has 2 fully saturated rings. The van der Waals surface area contributed by atoms with E-state index < -0.39 is 0 Å². The van der Waals surface area contributed by atoms with E-state index in [0.717, 1.165) is 28.1 Å². The van der Waals surface area contributed by atoms with E-state index >= 15 is 0 Å². The number of piperidine rings is 2. The van der Waals surface area contributed by atoms with Crippen molar-refractivity contribution < 1.29 is 0 Å². The summed E-state index contributed by atoms with van der Waals surface area (Å²) in [6, 6.07) is 8.26. The van der Waals surface area contributed by atoms with Gasteiger partial charge in [-0.25, -0.2) is 0 Å². The average molecular weight is 358 g/mol. The quantitative estimate of drug-likeness (QED) is 0.872. The van der Waals surface area contributed by atoms with Crippen LogP contribution in [-0.2, 0) is 6.54 Å². The van der Waals surface area contributed by atoms with Crippen LogP contribution >= 0.6 is 27.5 Å². The Balaban J connectivity index is 1.60. The summed E-state index contributed by atoms with van der Waals surface area (Å²) in [6.07, 6.45) is 6.69. The molecule has 110 valence electrons. The van der Waals surface area contributed by atoms with Gasteiger partial charge in [0.25, 0.3) is 0 Å². The molecular weight excluding hydrogens is 336 g/mol. The second-order valence-electron chi connectivity index (χ2n) is 6.19. The third-order valence-corrected chi connectivity index (χ3v) is 5.79. The number of nitrogens with zero attached hydrogens (tertiary/aromatic N) is 1. The molecule has 0 aliphatic carbocycles. The first-order valence-electron chi connectivity index (χ1n) is 7.52. The van der Waals surface area contributed by atoms with Crippen molar-refractivity contribution in [3.63, 3.8) is 0 Å². The van der Waals surface area contributed by atoms with Gasteiger partial charge in [-0.2, -0.15) is 0 Å². The van der Waals surface area contributed by atoms with Gasteiger partial charge in [0.15, 0.2) is 0 Å². The Kier molecular flexibility index (Phi) is 4.71. The van der Waals surface area contributed by atoms with Crippen LogP contribution in [0.3, 0.4) is 0 Å². The molecule has 0 saturated carbocycles. The van der Waals surface area contributed by atoms with Gasteiger partial charge in [0.2, 0.25) is 0 Å². The maximum Gasteiger partial charge on any atom is 0.0451 e. The van der Waals surface area contributed by atoms with Crippen LogP contribution in [0.4, 0.5) is 0 Å². The summed E-state index contributed by atoms with van der Waals surface area (Å²) in [5, 5.41) is 4.58. The maximum atomic E-state index is 6.26. The summed E-state index contributed by atoms with van der Waals surface area (Å²) in [7, 11) is 2.30. The molecule has 2 aliphatic heterocycles. The van der Waals surface area contributed by atoms with Crippen molar-refractivity contribution in [2.24, 2.45) is 0 Å². The van der Waals surface area contributed by atoms with Gasteiger partial charge in [0, 0.05) is 34.2 Å². The first-order chi connectivity index (χ1) is 9.63. The van der Waals surface area contributed by atoms with E-state index in [-0.39, 0.29) is 0 Å². The van der Waals surface area contributed by atoms with Crippen molar-refractivity contribution in [2.45, 2.75) is 56.8 Å². The minimum atomic E-state index is 0.636. The molecule has 2 nitrogen and oxygen atoms in total. The molecule has 2 atom stereocenters. The van der Waals surface area contributed by atoms with E-state index in [9.17, 15) is 0 Å². The lowest BCUT2D eigenvalue weighted by molar-refractivity contribution is 0.0482. The SMILES string of the molecule is CN1C2CCCC1CC(NCc1cc(Br)ccc1Cl)C2. The van der Waals surface area contributed by atoms with Crippen LogP contribution in [0, 0.1) is 0 Å². The van der Waals surface area contributed by atoms with Gasteiger partial charge in [-0.3, -0.25) is 0 Å². The highest BCUT2D eigenvalue weighted by Gasteiger charge is 2.35. The third kappa shape index (κ3) is 3.22. The van der Waals surface area contributed by atoms with Crippen LogP contribution in [0.15, 0.2) is 22.7 Å². The van der Waals surface area contributed by atoms with Crippen molar-refractivity contribution in [3.8, 4) is 0 Å². The van der Waals surface area contributed by atoms with Crippen LogP contribution in [-0.4, -0.2) is 30.1 Å². The zero-order valence-electron chi connectivity index (χ0n) is 11.9. The second-order valence-corrected chi connectivity index (χ2v) is 7.51. The summed E-state index contributed by atoms with van der Waals surface area (Å²) in [4.78, 5) is 2.60. The van der Waals surface area contributed by atoms with Gasteiger partial charge in [-0.15, -0.1) is 0 Å². The van der Waals surface area contributed by atoms with Crippen molar-refractivity contribution in [2.75, 3.05) is 7.05 Å². The molecule has 0 aromatic heterocycles. The fourth-order valence-electron chi connectivity index (χ4n) is 3.72. The van der Waals surface area contributed by atoms with Gasteiger partial charge < -0.3 is 10.2 Å². The molecule has 3 rings (SSSR count). The van der Waals surface area contributed by atoms with E-state index in [0.29, 0.717) is 6.04 Å². The van der Waals surface area contributed by atoms with E-state index in [1.165, 1.54) is 37.7 Å². The molecule has 1 N–H and O–H groups in total. The lowest BCUT2D eigenvalue weighted by atomic mass is 9.82. The monoisotopic (exact) mass is 356 g/mol. The molecule has 2 heterocycles. The Morgan fingerprint density at radius 3 is 2.70 bits per heavy atom. The predicted octanol–water partition coefficient (Wildman–Crippen LogP) is 4.21. The predicted molar refractivity (Wildman–Crippen MR) is 88.2 cm³/mol. The summed E-state index contributed by atoms with van der Waals surface area (Å²) in [5.41, 5.74) is 1.19. The minimum Gasteiger partial charge on any atom is -0.310 e. The normalized spacial score (nSPS) is 30.4. The Morgan fingerprint density at radius 1 is 1.30 bits per heavy atom. The smallest absolute Gasteiger partial charge is 0.0451 e. The second kappa shape index (κ2) is 6.35. The fraction of sp³-hybridized carbons (Fsp3) is 0.625. The number of fused-ring (bicyclic) bond motifs is 2. The molecule has 0 amide bonds. The molecule has 2 aliphatic rings. The van der Waals surface area contributed by atoms with Crippen LogP contribution in [0.2, 0.25) is 5.02 Å². The number of hydrogen-bond donors (Lipinski definition) is 1. The van der Waals surface area contributed by atoms with Gasteiger partial charge in [-0.05, 0) is 56.5 Å². The van der Waals surface area contributed by atoms with E-state index in [4.69, 9.17) is 11.6 Å². The standard InChI is InChI=1S/C16H22BrClN2/c1-20-14-3-2-4-15(20)9-13(8-14)19-10-11-7-12(17)5-6-16(11)18/h5-7,13-15,19H,2-4,8-10H2,1H3. The molecule has 4 heteroatoms. The number of rotatable bonds is 3. The van der Waals surface area contributed by atoms with Crippen LogP contribution in [0.5, 0.6) is 0 Å². The zero-order valence-corrected chi connectivity index (χ0v) is 14.3. The molecule has 2 unspecified atom stereocenters. The molecule has 2 saturated heterocycles. The van der Waals surface area contributed by atoms with Gasteiger partial charge in [-0.1, -0.05) is 34.0 Å². The maximum absolute atomic E-state index is 6.26. The fourth-order valence-corrected chi connectivity index (χ4v) is 4.31. The lowest BCUT2D eigenvalue weighted by Crippen LogP contribution is -2.54. The number of halogens is 2. The van der Waals surface area contributed by atoms with E-state index in [2.05, 4.69) is 39.3 Å². The van der Waals surface area contributed by atoms with Crippen molar-refractivity contribution in [1.29, 1.82) is 0 Å². The Bertz CT molecular complexity index is 466. The highest BCUT2D eigenvalue weighted by Crippen LogP contribution is 2.33. The Morgan fingerprint density at radius 2 is 2.00 bits per heavy atom. The minimum absolute atomic E-state index is 0.636. The first kappa shape index (κ1) is 14.8. The van der Waals surface area contributed by atoms with Crippen molar-refractivity contribution in [1.82, 2.24) is 10.2 Å². The van der Waals surface area contributed by atoms with Crippen LogP contribution < -0.4 is 5.32 Å². The Hall–Kier alpha value is -0.0900. The van der Waals surface area contributed by atoms with E-state index in [1.807, 2.05) is 12.1 Å². The molecule has 20 heavy (non-hydrogen) atoms. The van der Waals surface area contributed by atoms with Crippen LogP contribution in [0.1, 0.15) is 37.7 Å². The molecule has 0 radical (unpaired) electrons. The summed E-state index contributed by atoms with van der Waals surface area (Å²) in [5.74, 6) is 0. The molecule has 0 spiro atoms. The zero-order chi connectivity index (χ0) is 14.1. The van der Waals surface area contributed by atoms with E-state index in [1.54, 1.807) is 0 Å². The van der Waals surface area contributed by atoms with Gasteiger partial charge >= 0.3 is 0 Å². The molecular formula is C16H22BrClN2. The average Bonchev–Trinajstić information content (AvgIpc) is 2.40. The van der Waals surface area contributed by atoms with Gasteiger partial charge in [0.1, 0.15) is 0 Å². The molecule has 2 bridgehead atoms. The first-order valence-corrected chi connectivity index (χ1v) is 8.70. The van der Waals surface area contributed by atoms with Crippen molar-refractivity contribution >= 4 is 27.5 Å². The summed E-state index contributed by atoms with van der Waals surface area (Å²) in [6.45, 7) is 0.867. The Labute approximate surface area is 135 Å². The lowest BCUT2D eigenvalue weighted by Gasteiger charge is -2.47. The number of hydrogen-bond acceptors (Lipinski definition) is 2. The number of nitrogens with one attached hydrogen (secondary N) is 1. The van der Waals surface area contributed by atoms with Crippen LogP contribution in [0.25, 0.3) is 0 Å². The number of benzene rings is 1. The summed E-state index contributed by atoms with van der Waals surface area (Å²) < 4.78 is 1.10. The molecule has 1 aromatic rings. The summed E-state index contributed by atoms with van der Waals surface area (Å²) >= 11 is 9.78. The largest absolute Gasteiger partial charge is 0.310 e. The topological polar surface area (TPSA) is 15.3 Å². The van der Waals surface area contributed by atoms with Gasteiger partial charge in [0.05, 0.1) is 0 Å². The van der Waals surface area contributed by atoms with Crippen molar-refractivity contribution in [3.05, 3.63) is 33.3 Å². The highest BCUT2D eigenvalue weighted by atomic mass is 79.9. The third-order valence-electron chi connectivity index (χ3n) is 4.93. The molecule has 1 aromatic carbocycles. The highest BCUT2D eigenvalue weighted by molar-refractivity contribution is 9.10.